The molecule has 0 fully saturated rings. The molecule has 0 bridgehead atoms. The topological polar surface area (TPSA) is 112 Å². The lowest BCUT2D eigenvalue weighted by Crippen LogP contribution is -2.41. The van der Waals surface area contributed by atoms with Crippen LogP contribution in [-0.4, -0.2) is 76.7 Å². The SMILES string of the molecule is C/C(=N/NC(=O)N(C)CCN(C)C(=O)CCC(C)C)C1=CC=C(OCCCC(=O)I)CC1.CC(C)C(C)(C)CCO. The number of hydrogen-bond donors (Lipinski definition) is 2. The summed E-state index contributed by atoms with van der Waals surface area (Å²) in [5, 5.41) is 12.9. The first-order valence-electron chi connectivity index (χ1n) is 14.7. The van der Waals surface area contributed by atoms with Crippen molar-refractivity contribution in [3.8, 4) is 0 Å². The molecule has 0 atom stereocenters. The van der Waals surface area contributed by atoms with E-state index in [1.54, 1.807) is 41.6 Å². The monoisotopic (exact) mass is 690 g/mol. The molecule has 0 saturated heterocycles. The summed E-state index contributed by atoms with van der Waals surface area (Å²) < 4.78 is 5.84. The van der Waals surface area contributed by atoms with Gasteiger partial charge in [-0.15, -0.1) is 0 Å². The van der Waals surface area contributed by atoms with E-state index in [1.807, 2.05) is 19.1 Å². The van der Waals surface area contributed by atoms with Gasteiger partial charge in [0.1, 0.15) is 0 Å². The number of hydrogen-bond acceptors (Lipinski definition) is 6. The third-order valence-electron chi connectivity index (χ3n) is 7.50. The van der Waals surface area contributed by atoms with Crippen LogP contribution < -0.4 is 5.43 Å². The minimum absolute atomic E-state index is 0.0977. The van der Waals surface area contributed by atoms with Gasteiger partial charge in [-0.1, -0.05) is 47.6 Å². The number of nitrogens with zero attached hydrogens (tertiary/aromatic N) is 3. The number of hydrazone groups is 1. The van der Waals surface area contributed by atoms with Crippen LogP contribution in [0.1, 0.15) is 93.4 Å². The number of ether oxygens (including phenoxy) is 1. The van der Waals surface area contributed by atoms with E-state index in [-0.39, 0.29) is 15.7 Å². The molecule has 0 aromatic heterocycles. The summed E-state index contributed by atoms with van der Waals surface area (Å²) in [6, 6.07) is -0.312. The number of carbonyl (C=O) groups is 3. The smallest absolute Gasteiger partial charge is 0.337 e. The van der Waals surface area contributed by atoms with Crippen molar-refractivity contribution < 1.29 is 24.2 Å². The number of urea groups is 1. The van der Waals surface area contributed by atoms with Crippen LogP contribution in [0.5, 0.6) is 0 Å². The van der Waals surface area contributed by atoms with Crippen LogP contribution in [0, 0.1) is 17.3 Å². The third-order valence-corrected chi connectivity index (χ3v) is 8.04. The van der Waals surface area contributed by atoms with Gasteiger partial charge in [0.25, 0.3) is 0 Å². The average Bonchev–Trinajstić information content (AvgIpc) is 2.91. The maximum absolute atomic E-state index is 12.3. The Morgan fingerprint density at radius 2 is 1.71 bits per heavy atom. The molecule has 0 unspecified atom stereocenters. The fourth-order valence-corrected chi connectivity index (χ4v) is 3.83. The van der Waals surface area contributed by atoms with Gasteiger partial charge in [0.05, 0.1) is 18.1 Å². The zero-order valence-corrected chi connectivity index (χ0v) is 29.0. The van der Waals surface area contributed by atoms with Crippen molar-refractivity contribution in [2.24, 2.45) is 22.4 Å². The number of nitrogens with one attached hydrogen (secondary N) is 1. The first-order chi connectivity index (χ1) is 19.1. The van der Waals surface area contributed by atoms with Crippen molar-refractivity contribution in [3.05, 3.63) is 23.5 Å². The van der Waals surface area contributed by atoms with Gasteiger partial charge in [-0.25, -0.2) is 10.2 Å². The van der Waals surface area contributed by atoms with Crippen LogP contribution in [0.25, 0.3) is 0 Å². The zero-order chi connectivity index (χ0) is 31.6. The van der Waals surface area contributed by atoms with E-state index in [4.69, 9.17) is 9.84 Å². The van der Waals surface area contributed by atoms with E-state index in [9.17, 15) is 14.4 Å². The molecule has 1 rings (SSSR count). The predicted octanol–water partition coefficient (Wildman–Crippen LogP) is 6.31. The first kappa shape index (κ1) is 39.0. The van der Waals surface area contributed by atoms with E-state index < -0.39 is 0 Å². The molecule has 2 N–H and O–H groups in total. The van der Waals surface area contributed by atoms with Gasteiger partial charge in [-0.05, 0) is 84.1 Å². The van der Waals surface area contributed by atoms with Crippen LogP contribution in [-0.2, 0) is 14.3 Å². The second-order valence-electron chi connectivity index (χ2n) is 12.0. The summed E-state index contributed by atoms with van der Waals surface area (Å²) in [4.78, 5) is 38.5. The Bertz CT molecular complexity index is 912. The van der Waals surface area contributed by atoms with Crippen molar-refractivity contribution in [2.75, 3.05) is 40.4 Å². The molecule has 3 amide bonds. The van der Waals surface area contributed by atoms with E-state index in [0.29, 0.717) is 56.4 Å². The lowest BCUT2D eigenvalue weighted by molar-refractivity contribution is -0.130. The van der Waals surface area contributed by atoms with Gasteiger partial charge in [-0.2, -0.15) is 5.10 Å². The molecular formula is C31H55IN4O5. The minimum Gasteiger partial charge on any atom is -0.498 e. The first-order valence-corrected chi connectivity index (χ1v) is 15.8. The molecule has 0 heterocycles. The molecule has 1 aliphatic carbocycles. The number of aliphatic hydroxyl groups excluding tert-OH is 1. The maximum Gasteiger partial charge on any atom is 0.337 e. The summed E-state index contributed by atoms with van der Waals surface area (Å²) in [5.41, 5.74) is 4.67. The molecule has 0 aromatic rings. The fraction of sp³-hybridized carbons (Fsp3) is 0.742. The summed E-state index contributed by atoms with van der Waals surface area (Å²) in [6.45, 7) is 16.6. The molecule has 10 heteroatoms. The predicted molar refractivity (Wildman–Crippen MR) is 176 cm³/mol. The maximum atomic E-state index is 12.3. The van der Waals surface area contributed by atoms with E-state index in [0.717, 1.165) is 49.1 Å². The van der Waals surface area contributed by atoms with E-state index in [2.05, 4.69) is 52.1 Å². The highest BCUT2D eigenvalue weighted by molar-refractivity contribution is 14.1. The lowest BCUT2D eigenvalue weighted by atomic mass is 9.79. The Kier molecular flexibility index (Phi) is 19.9. The number of amides is 3. The number of allylic oxidation sites excluding steroid dienone is 4. The Morgan fingerprint density at radius 1 is 1.07 bits per heavy atom. The number of carbonyl (C=O) groups excluding carboxylic acids is 3. The largest absolute Gasteiger partial charge is 0.498 e. The van der Waals surface area contributed by atoms with Crippen LogP contribution >= 0.6 is 22.6 Å². The molecule has 41 heavy (non-hydrogen) atoms. The molecular weight excluding hydrogens is 635 g/mol. The number of halogens is 1. The third kappa shape index (κ3) is 18.3. The second kappa shape index (κ2) is 20.9. The molecule has 0 radical (unpaired) electrons. The summed E-state index contributed by atoms with van der Waals surface area (Å²) in [7, 11) is 3.45. The van der Waals surface area contributed by atoms with Gasteiger partial charge < -0.3 is 19.6 Å². The van der Waals surface area contributed by atoms with E-state index >= 15 is 0 Å². The van der Waals surface area contributed by atoms with Crippen molar-refractivity contribution in [1.82, 2.24) is 15.2 Å². The molecule has 0 spiro atoms. The van der Waals surface area contributed by atoms with Crippen LogP contribution in [0.4, 0.5) is 4.79 Å². The average molecular weight is 691 g/mol. The summed E-state index contributed by atoms with van der Waals surface area (Å²) in [5.74, 6) is 2.15. The minimum atomic E-state index is -0.312. The van der Waals surface area contributed by atoms with Crippen molar-refractivity contribution in [2.45, 2.75) is 93.4 Å². The van der Waals surface area contributed by atoms with Gasteiger partial charge in [0.15, 0.2) is 3.79 Å². The highest BCUT2D eigenvalue weighted by Gasteiger charge is 2.20. The van der Waals surface area contributed by atoms with Crippen LogP contribution in [0.2, 0.25) is 0 Å². The summed E-state index contributed by atoms with van der Waals surface area (Å²) in [6.07, 6.45) is 8.97. The molecule has 0 saturated carbocycles. The highest BCUT2D eigenvalue weighted by Crippen LogP contribution is 2.29. The summed E-state index contributed by atoms with van der Waals surface area (Å²) >= 11 is 1.80. The Labute approximate surface area is 262 Å². The normalized spacial score (nSPS) is 13.6. The number of aliphatic hydroxyl groups is 1. The zero-order valence-electron chi connectivity index (χ0n) is 26.9. The second-order valence-corrected chi connectivity index (χ2v) is 13.2. The van der Waals surface area contributed by atoms with Crippen molar-refractivity contribution in [3.63, 3.8) is 0 Å². The Hall–Kier alpha value is -1.95. The van der Waals surface area contributed by atoms with Gasteiger partial charge in [0, 0.05) is 53.1 Å². The van der Waals surface area contributed by atoms with Gasteiger partial charge in [-0.3, -0.25) is 9.59 Å². The molecule has 236 valence electrons. The fourth-order valence-electron chi connectivity index (χ4n) is 3.45. The quantitative estimate of drug-likeness (QED) is 0.0649. The molecule has 0 aromatic carbocycles. The molecule has 9 nitrogen and oxygen atoms in total. The number of likely N-dealkylation sites (N-methyl/N-ethyl adjacent to an activating group) is 2. The van der Waals surface area contributed by atoms with Gasteiger partial charge in [0.2, 0.25) is 5.91 Å². The highest BCUT2D eigenvalue weighted by atomic mass is 127. The van der Waals surface area contributed by atoms with Crippen LogP contribution in [0.3, 0.4) is 0 Å². The molecule has 0 aliphatic heterocycles. The standard InChI is InChI=1S/C23H37IN4O4.C8H18O/c1-17(2)8-13-22(30)27(4)14-15-28(5)23(31)26-25-18(3)19-9-11-20(12-10-19)32-16-6-7-21(24)29;1-7(2)8(3,4)5-6-9/h9,11,17H,6-8,10,12-16H2,1-5H3,(H,26,31);7,9H,5-6H2,1-4H3/b25-18-;. The Balaban J connectivity index is 0.00000152. The number of rotatable bonds is 16. The Morgan fingerprint density at radius 3 is 2.20 bits per heavy atom. The van der Waals surface area contributed by atoms with Crippen LogP contribution in [0.15, 0.2) is 28.6 Å². The van der Waals surface area contributed by atoms with Crippen molar-refractivity contribution >= 4 is 44.0 Å². The molecule has 1 aliphatic rings. The van der Waals surface area contributed by atoms with Gasteiger partial charge >= 0.3 is 6.03 Å². The van der Waals surface area contributed by atoms with E-state index in [1.165, 1.54) is 4.90 Å². The lowest BCUT2D eigenvalue weighted by Gasteiger charge is -2.27. The van der Waals surface area contributed by atoms with Crippen molar-refractivity contribution in [1.29, 1.82) is 0 Å².